The molecule has 0 bridgehead atoms. The maximum Gasteiger partial charge on any atom is 0.412 e. The van der Waals surface area contributed by atoms with E-state index in [-0.39, 0.29) is 37.0 Å². The number of fused-ring (bicyclic) bond motifs is 2. The number of carbonyl (C=O) groups is 5. The van der Waals surface area contributed by atoms with Crippen LogP contribution in [0.2, 0.25) is 5.02 Å². The first-order valence-corrected chi connectivity index (χ1v) is 14.3. The molecule has 5 amide bonds. The Balaban J connectivity index is 1.33. The van der Waals surface area contributed by atoms with E-state index in [1.807, 2.05) is 0 Å². The fraction of sp³-hybridized carbons (Fsp3) is 0.414. The third kappa shape index (κ3) is 7.00. The summed E-state index contributed by atoms with van der Waals surface area (Å²) in [6, 6.07) is 9.72. The first kappa shape index (κ1) is 30.1. The molecule has 0 radical (unpaired) electrons. The van der Waals surface area contributed by atoms with Crippen molar-refractivity contribution in [2.45, 2.75) is 43.4 Å². The molecule has 3 heterocycles. The van der Waals surface area contributed by atoms with E-state index in [4.69, 9.17) is 21.1 Å². The highest BCUT2D eigenvalue weighted by Gasteiger charge is 2.49. The van der Waals surface area contributed by atoms with E-state index in [9.17, 15) is 24.0 Å². The number of halogens is 1. The van der Waals surface area contributed by atoms with Crippen LogP contribution in [0.3, 0.4) is 0 Å². The molecule has 4 N–H and O–H groups in total. The van der Waals surface area contributed by atoms with Crippen molar-refractivity contribution in [1.82, 2.24) is 15.5 Å². The quantitative estimate of drug-likeness (QED) is 0.370. The van der Waals surface area contributed by atoms with Crippen LogP contribution in [-0.2, 0) is 29.4 Å². The maximum absolute atomic E-state index is 13.9. The second kappa shape index (κ2) is 12.9. The predicted octanol–water partition coefficient (Wildman–Crippen LogP) is 2.99. The first-order chi connectivity index (χ1) is 20.7. The van der Waals surface area contributed by atoms with Gasteiger partial charge in [-0.1, -0.05) is 11.6 Å². The second-order valence-electron chi connectivity index (χ2n) is 10.6. The smallest absolute Gasteiger partial charge is 0.412 e. The van der Waals surface area contributed by atoms with Crippen molar-refractivity contribution in [3.8, 4) is 0 Å². The predicted molar refractivity (Wildman–Crippen MR) is 155 cm³/mol. The number of nitrogens with one attached hydrogen (secondary N) is 4. The lowest BCUT2D eigenvalue weighted by Gasteiger charge is -2.35. The highest BCUT2D eigenvalue weighted by Crippen LogP contribution is 2.43. The van der Waals surface area contributed by atoms with Crippen molar-refractivity contribution in [1.29, 1.82) is 0 Å². The van der Waals surface area contributed by atoms with Crippen LogP contribution < -0.4 is 21.3 Å². The summed E-state index contributed by atoms with van der Waals surface area (Å²) in [5, 5.41) is 11.3. The van der Waals surface area contributed by atoms with E-state index < -0.39 is 35.6 Å². The number of amides is 5. The number of methoxy groups -OCH3 is 1. The average Bonchev–Trinajstić information content (AvgIpc) is 3.41. The highest BCUT2D eigenvalue weighted by molar-refractivity contribution is 6.30. The van der Waals surface area contributed by atoms with E-state index in [2.05, 4.69) is 26.0 Å². The molecule has 43 heavy (non-hydrogen) atoms. The second-order valence-corrected chi connectivity index (χ2v) is 11.0. The van der Waals surface area contributed by atoms with Gasteiger partial charge in [0, 0.05) is 54.1 Å². The molecule has 1 spiro atoms. The van der Waals surface area contributed by atoms with Crippen molar-refractivity contribution >= 4 is 52.9 Å². The summed E-state index contributed by atoms with van der Waals surface area (Å²) in [4.78, 5) is 65.6. The molecule has 2 aromatic rings. The number of benzene rings is 2. The summed E-state index contributed by atoms with van der Waals surface area (Å²) in [7, 11) is 1.23. The van der Waals surface area contributed by atoms with E-state index in [1.165, 1.54) is 36.3 Å². The molecular formula is C29H32ClN5O8. The van der Waals surface area contributed by atoms with Gasteiger partial charge < -0.3 is 29.7 Å². The van der Waals surface area contributed by atoms with Gasteiger partial charge in [0.05, 0.1) is 25.8 Å². The summed E-state index contributed by atoms with van der Waals surface area (Å²) in [6.07, 6.45) is 0.0125. The Hall–Kier alpha value is -4.36. The molecule has 2 atom stereocenters. The van der Waals surface area contributed by atoms with Gasteiger partial charge >= 0.3 is 12.2 Å². The molecule has 2 saturated heterocycles. The molecule has 0 aliphatic carbocycles. The number of carbonyl (C=O) groups excluding carboxylic acids is 5. The molecule has 3 aliphatic heterocycles. The van der Waals surface area contributed by atoms with Crippen LogP contribution in [-0.4, -0.2) is 80.3 Å². The molecule has 14 heteroatoms. The number of hydrogen-bond acceptors (Lipinski definition) is 8. The molecular weight excluding hydrogens is 582 g/mol. The van der Waals surface area contributed by atoms with Gasteiger partial charge in [-0.25, -0.2) is 9.59 Å². The third-order valence-electron chi connectivity index (χ3n) is 7.70. The Morgan fingerprint density at radius 1 is 1.14 bits per heavy atom. The normalized spacial score (nSPS) is 20.3. The lowest BCUT2D eigenvalue weighted by Crippen LogP contribution is -2.52. The van der Waals surface area contributed by atoms with Crippen LogP contribution in [0.4, 0.5) is 21.0 Å². The molecule has 228 valence electrons. The lowest BCUT2D eigenvalue weighted by molar-refractivity contribution is -0.136. The SMILES string of the molecule is COC(=O)Nc1ccc(C(=O)N[C@@H](CC(=O)NC2CCOCC2)C(=O)N2CC[C@@]3(C2)OC(=O)Nc2ccc(Cl)cc23)cc1. The van der Waals surface area contributed by atoms with Crippen LogP contribution in [0.5, 0.6) is 0 Å². The molecule has 5 rings (SSSR count). The third-order valence-corrected chi connectivity index (χ3v) is 7.93. The van der Waals surface area contributed by atoms with E-state index >= 15 is 0 Å². The van der Waals surface area contributed by atoms with E-state index in [0.717, 1.165) is 0 Å². The molecule has 0 unspecified atom stereocenters. The van der Waals surface area contributed by atoms with E-state index in [0.29, 0.717) is 54.4 Å². The Kier molecular flexibility index (Phi) is 9.02. The van der Waals surface area contributed by atoms with Crippen LogP contribution >= 0.6 is 11.6 Å². The van der Waals surface area contributed by atoms with Gasteiger partial charge in [0.15, 0.2) is 5.60 Å². The van der Waals surface area contributed by atoms with Crippen molar-refractivity contribution in [2.24, 2.45) is 0 Å². The number of likely N-dealkylation sites (tertiary alicyclic amines) is 1. The van der Waals surface area contributed by atoms with Crippen LogP contribution in [0.15, 0.2) is 42.5 Å². The Bertz CT molecular complexity index is 1410. The van der Waals surface area contributed by atoms with Crippen LogP contribution in [0.1, 0.15) is 41.6 Å². The van der Waals surface area contributed by atoms with Crippen molar-refractivity contribution in [2.75, 3.05) is 44.0 Å². The fourth-order valence-corrected chi connectivity index (χ4v) is 5.67. The van der Waals surface area contributed by atoms with Gasteiger partial charge in [-0.2, -0.15) is 0 Å². The van der Waals surface area contributed by atoms with Crippen LogP contribution in [0.25, 0.3) is 0 Å². The minimum absolute atomic E-state index is 0.0223. The number of rotatable bonds is 7. The standard InChI is InChI=1S/C29H32ClN5O8/c1-41-27(39)32-19-5-2-17(3-6-19)25(37)33-23(15-24(36)31-20-8-12-42-13-9-20)26(38)35-11-10-29(16-35)21-14-18(30)4-7-22(21)34-28(40)43-29/h2-7,14,20,23H,8-13,15-16H2,1H3,(H,31,36)(H,32,39)(H,33,37)(H,34,40)/t23-,29-/m0/s1. The number of anilines is 2. The molecule has 2 aromatic carbocycles. The number of nitrogens with zero attached hydrogens (tertiary/aromatic N) is 1. The Morgan fingerprint density at radius 3 is 2.60 bits per heavy atom. The average molecular weight is 614 g/mol. The zero-order chi connectivity index (χ0) is 30.6. The number of ether oxygens (including phenoxy) is 3. The first-order valence-electron chi connectivity index (χ1n) is 13.9. The fourth-order valence-electron chi connectivity index (χ4n) is 5.49. The van der Waals surface area contributed by atoms with Gasteiger partial charge in [-0.15, -0.1) is 0 Å². The number of hydrogen-bond donors (Lipinski definition) is 4. The van der Waals surface area contributed by atoms with Gasteiger partial charge in [0.25, 0.3) is 5.91 Å². The summed E-state index contributed by atoms with van der Waals surface area (Å²) >= 11 is 6.24. The van der Waals surface area contributed by atoms with Gasteiger partial charge in [-0.3, -0.25) is 25.0 Å². The van der Waals surface area contributed by atoms with Gasteiger partial charge in [-0.05, 0) is 55.3 Å². The minimum atomic E-state index is -1.20. The lowest BCUT2D eigenvalue weighted by atomic mass is 9.90. The van der Waals surface area contributed by atoms with E-state index in [1.54, 1.807) is 18.2 Å². The largest absolute Gasteiger partial charge is 0.453 e. The van der Waals surface area contributed by atoms with Crippen molar-refractivity contribution in [3.63, 3.8) is 0 Å². The van der Waals surface area contributed by atoms with Crippen LogP contribution in [0, 0.1) is 0 Å². The van der Waals surface area contributed by atoms with Gasteiger partial charge in [0.2, 0.25) is 11.8 Å². The summed E-state index contributed by atoms with van der Waals surface area (Å²) in [5.74, 6) is -1.46. The molecule has 2 fully saturated rings. The Morgan fingerprint density at radius 2 is 1.88 bits per heavy atom. The summed E-state index contributed by atoms with van der Waals surface area (Å²) < 4.78 is 15.7. The molecule has 13 nitrogen and oxygen atoms in total. The highest BCUT2D eigenvalue weighted by atomic mass is 35.5. The molecule has 0 saturated carbocycles. The minimum Gasteiger partial charge on any atom is -0.453 e. The monoisotopic (exact) mass is 613 g/mol. The topological polar surface area (TPSA) is 164 Å². The Labute approximate surface area is 252 Å². The summed E-state index contributed by atoms with van der Waals surface area (Å²) in [6.45, 7) is 1.30. The maximum atomic E-state index is 13.9. The zero-order valence-corrected chi connectivity index (χ0v) is 24.2. The summed E-state index contributed by atoms with van der Waals surface area (Å²) in [5.41, 5.74) is 0.687. The molecule has 0 aromatic heterocycles. The zero-order valence-electron chi connectivity index (χ0n) is 23.4. The van der Waals surface area contributed by atoms with Gasteiger partial charge in [0.1, 0.15) is 6.04 Å². The van der Waals surface area contributed by atoms with Crippen molar-refractivity contribution in [3.05, 3.63) is 58.6 Å². The van der Waals surface area contributed by atoms with Crippen molar-refractivity contribution < 1.29 is 38.2 Å². The molecule has 3 aliphatic rings.